The van der Waals surface area contributed by atoms with Gasteiger partial charge in [0, 0.05) is 12.1 Å². The average molecular weight is 515 g/mol. The lowest BCUT2D eigenvalue weighted by molar-refractivity contribution is -0.143. The topological polar surface area (TPSA) is 74.8 Å². The van der Waals surface area contributed by atoms with Gasteiger partial charge in [-0.05, 0) is 31.2 Å². The molecule has 0 unspecified atom stereocenters. The molecule has 1 N–H and O–H groups in total. The van der Waals surface area contributed by atoms with Crippen molar-refractivity contribution in [2.45, 2.75) is 25.7 Å². The number of benzene rings is 1. The van der Waals surface area contributed by atoms with Crippen LogP contribution < -0.4 is 15.3 Å². The molecule has 3 amide bonds. The summed E-state index contributed by atoms with van der Waals surface area (Å²) in [6.07, 6.45) is -11.6. The van der Waals surface area contributed by atoms with Crippen LogP contribution in [-0.2, 0) is 28.4 Å². The fraction of sp³-hybridized carbons (Fsp3) is 0.316. The normalized spacial score (nSPS) is 14.4. The Kier molecular flexibility index (Phi) is 6.94. The number of nitrogens with one attached hydrogen (secondary N) is 1. The molecule has 1 fully saturated rings. The molecule has 1 aromatic heterocycles. The number of urea groups is 1. The monoisotopic (exact) mass is 514 g/mol. The Labute approximate surface area is 192 Å². The highest BCUT2D eigenvalue weighted by molar-refractivity contribution is 6.29. The highest BCUT2D eigenvalue weighted by atomic mass is 35.5. The molecule has 3 rings (SSSR count). The SMILES string of the molecule is CCN(C(=O)Cc1c(N2OCNC2=O)cc(C(F)(F)F)cc1C(F)(F)F)c1ccc(F)c(Cl)n1. The number of hydroxylamine groups is 1. The second-order valence-electron chi connectivity index (χ2n) is 6.82. The summed E-state index contributed by atoms with van der Waals surface area (Å²) in [4.78, 5) is 34.3. The van der Waals surface area contributed by atoms with Crippen molar-refractivity contribution >= 4 is 35.0 Å². The Hall–Kier alpha value is -3.13. The smallest absolute Gasteiger partial charge is 0.310 e. The van der Waals surface area contributed by atoms with Crippen LogP contribution in [0, 0.1) is 5.82 Å². The lowest BCUT2D eigenvalue weighted by Gasteiger charge is -2.25. The van der Waals surface area contributed by atoms with Crippen molar-refractivity contribution in [2.24, 2.45) is 0 Å². The largest absolute Gasteiger partial charge is 0.416 e. The van der Waals surface area contributed by atoms with E-state index in [0.29, 0.717) is 0 Å². The van der Waals surface area contributed by atoms with Gasteiger partial charge in [-0.25, -0.2) is 19.0 Å². The lowest BCUT2D eigenvalue weighted by atomic mass is 9.97. The zero-order valence-corrected chi connectivity index (χ0v) is 17.8. The number of halogens is 8. The summed E-state index contributed by atoms with van der Waals surface area (Å²) in [7, 11) is 0. The third-order valence-electron chi connectivity index (χ3n) is 4.69. The van der Waals surface area contributed by atoms with Crippen LogP contribution in [0.3, 0.4) is 0 Å². The number of nitrogens with zero attached hydrogens (tertiary/aromatic N) is 3. The molecule has 184 valence electrons. The van der Waals surface area contributed by atoms with Gasteiger partial charge in [0.05, 0.1) is 23.2 Å². The van der Waals surface area contributed by atoms with E-state index in [1.807, 2.05) is 0 Å². The van der Waals surface area contributed by atoms with E-state index in [4.69, 9.17) is 16.4 Å². The van der Waals surface area contributed by atoms with Gasteiger partial charge in [-0.2, -0.15) is 31.4 Å². The maximum Gasteiger partial charge on any atom is 0.416 e. The number of carbonyl (C=O) groups is 2. The van der Waals surface area contributed by atoms with Gasteiger partial charge < -0.3 is 5.32 Å². The first-order valence-corrected chi connectivity index (χ1v) is 9.76. The van der Waals surface area contributed by atoms with E-state index in [1.54, 1.807) is 0 Å². The van der Waals surface area contributed by atoms with E-state index < -0.39 is 70.8 Å². The molecule has 1 aliphatic heterocycles. The molecule has 1 aromatic carbocycles. The molecule has 0 atom stereocenters. The molecule has 0 radical (unpaired) electrons. The highest BCUT2D eigenvalue weighted by Gasteiger charge is 2.42. The molecular weight excluding hydrogens is 501 g/mol. The van der Waals surface area contributed by atoms with E-state index in [0.717, 1.165) is 17.0 Å². The molecular formula is C19H14ClF7N4O3. The second-order valence-corrected chi connectivity index (χ2v) is 7.18. The minimum Gasteiger partial charge on any atom is -0.310 e. The number of anilines is 2. The predicted octanol–water partition coefficient (Wildman–Crippen LogP) is 4.93. The Morgan fingerprint density at radius 3 is 2.38 bits per heavy atom. The molecule has 0 spiro atoms. The third kappa shape index (κ3) is 5.17. The lowest BCUT2D eigenvalue weighted by Crippen LogP contribution is -2.35. The van der Waals surface area contributed by atoms with Crippen LogP contribution in [0.1, 0.15) is 23.6 Å². The number of hydrogen-bond donors (Lipinski definition) is 1. The van der Waals surface area contributed by atoms with Crippen molar-refractivity contribution in [3.05, 3.63) is 51.9 Å². The van der Waals surface area contributed by atoms with Crippen molar-refractivity contribution in [1.82, 2.24) is 10.3 Å². The number of hydrogen-bond acceptors (Lipinski definition) is 4. The van der Waals surface area contributed by atoms with Crippen molar-refractivity contribution in [2.75, 3.05) is 23.2 Å². The summed E-state index contributed by atoms with van der Waals surface area (Å²) in [5.74, 6) is -2.14. The number of rotatable bonds is 5. The van der Waals surface area contributed by atoms with Crippen LogP contribution in [-0.4, -0.2) is 30.2 Å². The summed E-state index contributed by atoms with van der Waals surface area (Å²) in [6.45, 7) is 0.779. The first-order valence-electron chi connectivity index (χ1n) is 9.38. The average Bonchev–Trinajstić information content (AvgIpc) is 3.15. The van der Waals surface area contributed by atoms with Crippen LogP contribution >= 0.6 is 11.6 Å². The summed E-state index contributed by atoms with van der Waals surface area (Å²) >= 11 is 5.61. The van der Waals surface area contributed by atoms with Gasteiger partial charge in [0.15, 0.2) is 11.0 Å². The van der Waals surface area contributed by atoms with E-state index in [2.05, 4.69) is 10.3 Å². The minimum atomic E-state index is -5.32. The van der Waals surface area contributed by atoms with Gasteiger partial charge in [-0.1, -0.05) is 11.6 Å². The Balaban J connectivity index is 2.15. The van der Waals surface area contributed by atoms with Crippen LogP contribution in [0.4, 0.5) is 47.0 Å². The van der Waals surface area contributed by atoms with Crippen molar-refractivity contribution < 1.29 is 45.2 Å². The number of amides is 3. The van der Waals surface area contributed by atoms with E-state index >= 15 is 0 Å². The molecule has 2 aromatic rings. The number of likely N-dealkylation sites (N-methyl/N-ethyl adjacent to an activating group) is 1. The summed E-state index contributed by atoms with van der Waals surface area (Å²) in [5, 5.41) is 1.70. The number of aromatic nitrogens is 1. The molecule has 0 aliphatic carbocycles. The standard InChI is InChI=1S/C19H14ClF7N4O3/c1-2-30(14-4-3-12(21)16(20)29-14)15(32)7-10-11(19(25,26)27)5-9(18(22,23)24)6-13(10)31-17(33)28-8-34-31/h3-6H,2,7-8H2,1H3,(H,28,33). The maximum atomic E-state index is 13.8. The Bertz CT molecular complexity index is 1120. The van der Waals surface area contributed by atoms with Crippen LogP contribution in [0.5, 0.6) is 0 Å². The molecule has 0 bridgehead atoms. The van der Waals surface area contributed by atoms with E-state index in [1.165, 1.54) is 6.92 Å². The molecule has 7 nitrogen and oxygen atoms in total. The Morgan fingerprint density at radius 1 is 1.21 bits per heavy atom. The second kappa shape index (κ2) is 9.25. The highest BCUT2D eigenvalue weighted by Crippen LogP contribution is 2.42. The van der Waals surface area contributed by atoms with Gasteiger partial charge in [0.2, 0.25) is 5.91 Å². The molecule has 0 saturated carbocycles. The zero-order chi connectivity index (χ0) is 25.4. The number of carbonyl (C=O) groups excluding carboxylic acids is 2. The first kappa shape index (κ1) is 25.5. The first-order chi connectivity index (χ1) is 15.7. The Morgan fingerprint density at radius 2 is 1.88 bits per heavy atom. The quantitative estimate of drug-likeness (QED) is 0.454. The van der Waals surface area contributed by atoms with E-state index in [9.17, 15) is 40.3 Å². The molecule has 15 heteroatoms. The summed E-state index contributed by atoms with van der Waals surface area (Å²) < 4.78 is 94.9. The fourth-order valence-corrected chi connectivity index (χ4v) is 3.33. The van der Waals surface area contributed by atoms with Crippen molar-refractivity contribution in [1.29, 1.82) is 0 Å². The molecule has 34 heavy (non-hydrogen) atoms. The van der Waals surface area contributed by atoms with E-state index in [-0.39, 0.29) is 29.6 Å². The van der Waals surface area contributed by atoms with Crippen molar-refractivity contribution in [3.8, 4) is 0 Å². The van der Waals surface area contributed by atoms with Crippen molar-refractivity contribution in [3.63, 3.8) is 0 Å². The maximum absolute atomic E-state index is 13.8. The third-order valence-corrected chi connectivity index (χ3v) is 4.95. The van der Waals surface area contributed by atoms with Gasteiger partial charge in [0.1, 0.15) is 12.5 Å². The van der Waals surface area contributed by atoms with Gasteiger partial charge >= 0.3 is 18.4 Å². The van der Waals surface area contributed by atoms with Gasteiger partial charge in [-0.15, -0.1) is 0 Å². The molecule has 1 saturated heterocycles. The molecule has 1 aliphatic rings. The fourth-order valence-electron chi connectivity index (χ4n) is 3.18. The summed E-state index contributed by atoms with van der Waals surface area (Å²) in [6, 6.07) is 0.946. The van der Waals surface area contributed by atoms with Crippen LogP contribution in [0.2, 0.25) is 5.15 Å². The zero-order valence-electron chi connectivity index (χ0n) is 17.0. The molecule has 2 heterocycles. The van der Waals surface area contributed by atoms with Gasteiger partial charge in [0.25, 0.3) is 0 Å². The summed E-state index contributed by atoms with van der Waals surface area (Å²) in [5.41, 5.74) is -5.33. The van der Waals surface area contributed by atoms with Crippen LogP contribution in [0.15, 0.2) is 24.3 Å². The number of pyridine rings is 1. The predicted molar refractivity (Wildman–Crippen MR) is 104 cm³/mol. The van der Waals surface area contributed by atoms with Crippen LogP contribution in [0.25, 0.3) is 0 Å². The number of alkyl halides is 6. The van der Waals surface area contributed by atoms with Gasteiger partial charge in [-0.3, -0.25) is 9.69 Å². The minimum absolute atomic E-state index is 0.147.